The summed E-state index contributed by atoms with van der Waals surface area (Å²) in [5, 5.41) is 18.7. The van der Waals surface area contributed by atoms with Crippen molar-refractivity contribution in [1.82, 2.24) is 30.2 Å². The maximum absolute atomic E-state index is 13.8. The summed E-state index contributed by atoms with van der Waals surface area (Å²) in [4.78, 5) is 70.2. The second-order valence-corrected chi connectivity index (χ2v) is 17.9. The van der Waals surface area contributed by atoms with Crippen molar-refractivity contribution < 1.29 is 33.8 Å². The van der Waals surface area contributed by atoms with Crippen LogP contribution in [0.15, 0.2) is 83.9 Å². The summed E-state index contributed by atoms with van der Waals surface area (Å²) in [5.41, 5.74) is 8.24. The van der Waals surface area contributed by atoms with Gasteiger partial charge in [-0.15, -0.1) is 0 Å². The lowest BCUT2D eigenvalue weighted by Gasteiger charge is -2.25. The molecule has 1 aliphatic carbocycles. The number of amides is 4. The third-order valence-corrected chi connectivity index (χ3v) is 12.0. The van der Waals surface area contributed by atoms with Gasteiger partial charge in [0.25, 0.3) is 5.56 Å². The molecule has 0 radical (unpaired) electrons. The molecule has 5 aromatic rings. The fourth-order valence-corrected chi connectivity index (χ4v) is 8.65. The zero-order chi connectivity index (χ0) is 45.7. The van der Waals surface area contributed by atoms with E-state index in [2.05, 4.69) is 27.0 Å². The number of aliphatic hydroxyl groups excluding tert-OH is 1. The van der Waals surface area contributed by atoms with E-state index in [1.165, 1.54) is 15.5 Å². The number of fused-ring (bicyclic) bond motifs is 2. The molecule has 1 saturated heterocycles. The third kappa shape index (κ3) is 10.6. The first-order valence-corrected chi connectivity index (χ1v) is 22.1. The van der Waals surface area contributed by atoms with Crippen LogP contribution in [0.1, 0.15) is 75.6 Å². The number of aromatic nitrogens is 2. The summed E-state index contributed by atoms with van der Waals surface area (Å²) >= 11 is 7.26. The van der Waals surface area contributed by atoms with Gasteiger partial charge in [0.1, 0.15) is 17.3 Å². The SMILES string of the molecule is CCCCOC(=O)N(Cc1cnc2cc(-c3cccc(-c4cccc(-c5ccc6c(c5)CC(NC(=O)[C@H](CO)NC(=O)OC(C)(C)C)C6)c4Cl)c3C)ccn2c1=O)C[C@@H]1CCC(=O)N1. The number of carbonyl (C=O) groups is 4. The van der Waals surface area contributed by atoms with E-state index in [4.69, 9.17) is 21.1 Å². The number of aliphatic hydroxyl groups is 1. The van der Waals surface area contributed by atoms with E-state index in [0.717, 1.165) is 62.9 Å². The van der Waals surface area contributed by atoms with Crippen LogP contribution >= 0.6 is 11.6 Å². The first kappa shape index (κ1) is 45.8. The van der Waals surface area contributed by atoms with Crippen LogP contribution in [0.3, 0.4) is 0 Å². The Labute approximate surface area is 377 Å². The van der Waals surface area contributed by atoms with Crippen LogP contribution in [0.25, 0.3) is 39.0 Å². The molecule has 1 unspecified atom stereocenters. The minimum absolute atomic E-state index is 0.0124. The molecular formula is C49H55ClN6O8. The Balaban J connectivity index is 1.08. The van der Waals surface area contributed by atoms with Crippen molar-refractivity contribution in [3.05, 3.63) is 117 Å². The molecular weight excluding hydrogens is 836 g/mol. The lowest BCUT2D eigenvalue weighted by atomic mass is 9.91. The number of carbonyl (C=O) groups excluding carboxylic acids is 4. The monoisotopic (exact) mass is 890 g/mol. The van der Waals surface area contributed by atoms with Gasteiger partial charge in [0, 0.05) is 48.6 Å². The van der Waals surface area contributed by atoms with E-state index in [1.54, 1.807) is 27.0 Å². The van der Waals surface area contributed by atoms with Crippen molar-refractivity contribution in [3.63, 3.8) is 0 Å². The molecule has 3 heterocycles. The maximum Gasteiger partial charge on any atom is 0.410 e. The van der Waals surface area contributed by atoms with Crippen LogP contribution in [0, 0.1) is 6.92 Å². The average molecular weight is 891 g/mol. The van der Waals surface area contributed by atoms with E-state index in [0.29, 0.717) is 41.9 Å². The molecule has 0 spiro atoms. The zero-order valence-corrected chi connectivity index (χ0v) is 37.6. The van der Waals surface area contributed by atoms with Gasteiger partial charge in [-0.1, -0.05) is 79.5 Å². The fourth-order valence-electron chi connectivity index (χ4n) is 8.31. The summed E-state index contributed by atoms with van der Waals surface area (Å²) in [6, 6.07) is 20.3. The van der Waals surface area contributed by atoms with Gasteiger partial charge < -0.3 is 35.4 Å². The van der Waals surface area contributed by atoms with Crippen molar-refractivity contribution in [2.24, 2.45) is 0 Å². The zero-order valence-electron chi connectivity index (χ0n) is 36.8. The molecule has 336 valence electrons. The first-order chi connectivity index (χ1) is 30.6. The Kier molecular flexibility index (Phi) is 14.0. The Hall–Kier alpha value is -6.25. The van der Waals surface area contributed by atoms with Crippen LogP contribution in [0.5, 0.6) is 0 Å². The normalized spacial score (nSPS) is 16.2. The topological polar surface area (TPSA) is 181 Å². The molecule has 14 nitrogen and oxygen atoms in total. The van der Waals surface area contributed by atoms with E-state index < -0.39 is 36.3 Å². The maximum atomic E-state index is 13.8. The second-order valence-electron chi connectivity index (χ2n) is 17.5. The van der Waals surface area contributed by atoms with Crippen LogP contribution in [-0.2, 0) is 38.4 Å². The molecule has 2 aliphatic rings. The smallest absolute Gasteiger partial charge is 0.410 e. The number of halogens is 1. The van der Waals surface area contributed by atoms with Gasteiger partial charge >= 0.3 is 12.2 Å². The van der Waals surface area contributed by atoms with Crippen LogP contribution < -0.4 is 21.5 Å². The molecule has 3 aromatic carbocycles. The molecule has 4 amide bonds. The summed E-state index contributed by atoms with van der Waals surface area (Å²) in [5.74, 6) is -0.551. The van der Waals surface area contributed by atoms with Gasteiger partial charge in [0.05, 0.1) is 30.3 Å². The standard InChI is InChI=1S/C49H55ClN6O8/c1-6-7-20-63-48(62)55(27-35-16-17-43(58)52-35)26-34-25-51-42-24-32(18-19-56(42)46(34)60)37-10-8-11-38(29(37)2)40-13-9-12-39(44(40)50)31-15-14-30-22-36(23-33(30)21-31)53-45(59)41(28-57)54-47(61)64-49(3,4)5/h8-15,18-19,21,24-25,35-36,41,57H,6-7,16-17,20,22-23,26-28H2,1-5H3,(H,52,58)(H,53,59)(H,54,61)/t35-,36?,41-/m0/s1. The number of nitrogens with one attached hydrogen (secondary N) is 3. The predicted octanol–water partition coefficient (Wildman–Crippen LogP) is 7.14. The van der Waals surface area contributed by atoms with Crippen molar-refractivity contribution in [2.75, 3.05) is 19.8 Å². The molecule has 3 atom stereocenters. The van der Waals surface area contributed by atoms with E-state index in [9.17, 15) is 29.1 Å². The lowest BCUT2D eigenvalue weighted by molar-refractivity contribution is -0.124. The number of alkyl carbamates (subject to hydrolysis) is 1. The van der Waals surface area contributed by atoms with Gasteiger partial charge in [-0.05, 0) is 104 Å². The molecule has 4 N–H and O–H groups in total. The van der Waals surface area contributed by atoms with E-state index in [1.807, 2.05) is 74.5 Å². The highest BCUT2D eigenvalue weighted by molar-refractivity contribution is 6.36. The number of unbranched alkanes of at least 4 members (excludes halogenated alkanes) is 1. The molecule has 1 fully saturated rings. The summed E-state index contributed by atoms with van der Waals surface area (Å²) in [6.07, 6.45) is 5.63. The highest BCUT2D eigenvalue weighted by Gasteiger charge is 2.30. The van der Waals surface area contributed by atoms with Crippen LogP contribution in [0.2, 0.25) is 5.02 Å². The largest absolute Gasteiger partial charge is 0.449 e. The predicted molar refractivity (Wildman–Crippen MR) is 245 cm³/mol. The molecule has 7 rings (SSSR count). The van der Waals surface area contributed by atoms with E-state index in [-0.39, 0.29) is 43.2 Å². The minimum atomic E-state index is -1.15. The number of ether oxygens (including phenoxy) is 2. The number of hydrogen-bond donors (Lipinski definition) is 4. The van der Waals surface area contributed by atoms with Gasteiger partial charge in [0.15, 0.2) is 0 Å². The highest BCUT2D eigenvalue weighted by Crippen LogP contribution is 2.41. The van der Waals surface area contributed by atoms with E-state index >= 15 is 0 Å². The fraction of sp³-hybridized carbons (Fsp3) is 0.388. The number of hydrogen-bond acceptors (Lipinski definition) is 9. The summed E-state index contributed by atoms with van der Waals surface area (Å²) in [7, 11) is 0. The quantitative estimate of drug-likeness (QED) is 0.0843. The molecule has 15 heteroatoms. The van der Waals surface area contributed by atoms with Crippen LogP contribution in [0.4, 0.5) is 9.59 Å². The molecule has 0 bridgehead atoms. The molecule has 0 saturated carbocycles. The van der Waals surface area contributed by atoms with Gasteiger partial charge in [-0.3, -0.25) is 18.8 Å². The van der Waals surface area contributed by atoms with Crippen LogP contribution in [-0.4, -0.2) is 86.9 Å². The van der Waals surface area contributed by atoms with Gasteiger partial charge in [0.2, 0.25) is 11.8 Å². The first-order valence-electron chi connectivity index (χ1n) is 21.8. The van der Waals surface area contributed by atoms with Gasteiger partial charge in [-0.2, -0.15) is 0 Å². The summed E-state index contributed by atoms with van der Waals surface area (Å²) < 4.78 is 12.2. The molecule has 64 heavy (non-hydrogen) atoms. The third-order valence-electron chi connectivity index (χ3n) is 11.6. The minimum Gasteiger partial charge on any atom is -0.449 e. The highest BCUT2D eigenvalue weighted by atomic mass is 35.5. The molecule has 1 aliphatic heterocycles. The van der Waals surface area contributed by atoms with Crippen molar-refractivity contribution in [2.45, 2.75) is 103 Å². The number of pyridine rings is 1. The Morgan fingerprint density at radius 3 is 2.42 bits per heavy atom. The van der Waals surface area contributed by atoms with Crippen molar-refractivity contribution in [3.8, 4) is 33.4 Å². The van der Waals surface area contributed by atoms with Gasteiger partial charge in [-0.25, -0.2) is 14.6 Å². The Morgan fingerprint density at radius 2 is 1.70 bits per heavy atom. The average Bonchev–Trinajstić information content (AvgIpc) is 3.87. The van der Waals surface area contributed by atoms with Crippen molar-refractivity contribution >= 4 is 41.2 Å². The number of nitrogens with zero attached hydrogens (tertiary/aromatic N) is 3. The number of benzene rings is 3. The molecule has 2 aromatic heterocycles. The Bertz CT molecular complexity index is 2640. The Morgan fingerprint density at radius 1 is 0.984 bits per heavy atom. The lowest BCUT2D eigenvalue weighted by Crippen LogP contribution is -2.52. The van der Waals surface area contributed by atoms with Crippen molar-refractivity contribution in [1.29, 1.82) is 0 Å². The summed E-state index contributed by atoms with van der Waals surface area (Å²) in [6.45, 7) is 9.11. The number of rotatable bonds is 14. The second kappa shape index (κ2) is 19.6.